The van der Waals surface area contributed by atoms with E-state index in [1.165, 1.54) is 25.7 Å². The van der Waals surface area contributed by atoms with Crippen molar-refractivity contribution in [2.45, 2.75) is 39.0 Å². The van der Waals surface area contributed by atoms with Crippen molar-refractivity contribution < 1.29 is 5.11 Å². The van der Waals surface area contributed by atoms with Crippen molar-refractivity contribution in [2.24, 2.45) is 0 Å². The van der Waals surface area contributed by atoms with Crippen LogP contribution in [0.1, 0.15) is 39.0 Å². The van der Waals surface area contributed by atoms with Gasteiger partial charge in [-0.3, -0.25) is 0 Å². The maximum atomic E-state index is 6.75. The van der Waals surface area contributed by atoms with Gasteiger partial charge in [0.1, 0.15) is 0 Å². The number of aliphatic hydroxyl groups is 1. The Labute approximate surface area is 59.1 Å². The molecule has 1 nitrogen and oxygen atoms in total. The molecule has 0 heterocycles. The molecule has 0 unspecified atom stereocenters. The molecule has 0 aromatic heterocycles. The Morgan fingerprint density at radius 1 is 1.11 bits per heavy atom. The van der Waals surface area contributed by atoms with Crippen molar-refractivity contribution in [3.8, 4) is 0 Å². The third-order valence-corrected chi connectivity index (χ3v) is 1.10. The summed E-state index contributed by atoms with van der Waals surface area (Å²) >= 11 is 0. The van der Waals surface area contributed by atoms with E-state index < -0.39 is 0 Å². The molecule has 0 fully saturated rings. The van der Waals surface area contributed by atoms with Crippen LogP contribution >= 0.6 is 0 Å². The van der Waals surface area contributed by atoms with Gasteiger partial charge in [0, 0.05) is 0 Å². The summed E-state index contributed by atoms with van der Waals surface area (Å²) < 4.78 is 0. The second-order valence-electron chi connectivity index (χ2n) is 1.91. The van der Waals surface area contributed by atoms with E-state index in [4.69, 9.17) is 5.11 Å². The van der Waals surface area contributed by atoms with Gasteiger partial charge in [0.25, 0.3) is 0 Å². The van der Waals surface area contributed by atoms with Crippen LogP contribution in [0.25, 0.3) is 0 Å². The highest BCUT2D eigenvalue weighted by Gasteiger charge is 1.80. The second kappa shape index (κ2) is 15.7. The van der Waals surface area contributed by atoms with Crippen LogP contribution in [0.15, 0.2) is 0 Å². The predicted octanol–water partition coefficient (Wildman–Crippen LogP) is 2.94. The summed E-state index contributed by atoms with van der Waals surface area (Å²) in [6.45, 7) is 5.98. The summed E-state index contributed by atoms with van der Waals surface area (Å²) in [6.07, 6.45) is 6.52. The molecule has 1 N–H and O–H groups in total. The molecule has 0 amide bonds. The predicted molar refractivity (Wildman–Crippen MR) is 41.4 cm³/mol. The lowest BCUT2D eigenvalue weighted by atomic mass is 10.2. The Balaban J connectivity index is 0. The van der Waals surface area contributed by atoms with Crippen molar-refractivity contribution in [3.63, 3.8) is 0 Å². The molecule has 0 saturated carbocycles. The van der Waals surface area contributed by atoms with Gasteiger partial charge >= 0.3 is 0 Å². The van der Waals surface area contributed by atoms with Crippen molar-refractivity contribution in [2.75, 3.05) is 0 Å². The lowest BCUT2D eigenvalue weighted by Crippen LogP contribution is -1.71. The van der Waals surface area contributed by atoms with Crippen LogP contribution in [-0.4, -0.2) is 5.11 Å². The van der Waals surface area contributed by atoms with Gasteiger partial charge in [-0.25, -0.2) is 0 Å². The quantitative estimate of drug-likeness (QED) is 0.580. The van der Waals surface area contributed by atoms with E-state index in [2.05, 4.69) is 21.0 Å². The topological polar surface area (TPSA) is 20.2 Å². The zero-order valence-corrected chi connectivity index (χ0v) is 6.40. The standard InChI is InChI=1S/C7H15.CH3O/c1-3-5-7-6-4-2;1-2/h1,3-7H2,2H3;2H,1H2. The summed E-state index contributed by atoms with van der Waals surface area (Å²) in [7, 11) is 2.25. The van der Waals surface area contributed by atoms with Crippen LogP contribution in [0.5, 0.6) is 0 Å². The molecule has 0 atom stereocenters. The van der Waals surface area contributed by atoms with Crippen molar-refractivity contribution >= 4 is 0 Å². The van der Waals surface area contributed by atoms with Crippen LogP contribution in [0.3, 0.4) is 0 Å². The molecule has 0 aliphatic heterocycles. The van der Waals surface area contributed by atoms with E-state index in [9.17, 15) is 0 Å². The Morgan fingerprint density at radius 2 is 1.67 bits per heavy atom. The third kappa shape index (κ3) is 18.0. The average Bonchev–Trinajstić information content (AvgIpc) is 1.94. The number of hydrogen-bond donors (Lipinski definition) is 1. The van der Waals surface area contributed by atoms with Crippen molar-refractivity contribution in [1.29, 1.82) is 0 Å². The largest absolute Gasteiger partial charge is 0.394 e. The molecule has 9 heavy (non-hydrogen) atoms. The SMILES string of the molecule is [CH2]CCCCCC.[CH2]O. The van der Waals surface area contributed by atoms with Gasteiger partial charge in [-0.15, -0.1) is 0 Å². The van der Waals surface area contributed by atoms with Gasteiger partial charge < -0.3 is 5.11 Å². The first kappa shape index (κ1) is 11.7. The number of hydrogen-bond acceptors (Lipinski definition) is 1. The molecule has 0 saturated heterocycles. The average molecular weight is 130 g/mol. The van der Waals surface area contributed by atoms with Crippen LogP contribution in [0, 0.1) is 14.0 Å². The van der Waals surface area contributed by atoms with E-state index in [0.717, 1.165) is 6.42 Å². The van der Waals surface area contributed by atoms with E-state index >= 15 is 0 Å². The molecule has 0 aromatic rings. The molecule has 0 aromatic carbocycles. The van der Waals surface area contributed by atoms with Crippen molar-refractivity contribution in [3.05, 3.63) is 14.0 Å². The van der Waals surface area contributed by atoms with Crippen LogP contribution in [0.4, 0.5) is 0 Å². The fraction of sp³-hybridized carbons (Fsp3) is 0.750. The van der Waals surface area contributed by atoms with Gasteiger partial charge in [-0.2, -0.15) is 0 Å². The minimum atomic E-state index is 1.11. The maximum Gasteiger partial charge on any atom is 0.0662 e. The summed E-state index contributed by atoms with van der Waals surface area (Å²) in [5.74, 6) is 0. The summed E-state index contributed by atoms with van der Waals surface area (Å²) in [5, 5.41) is 6.75. The molecule has 0 bridgehead atoms. The van der Waals surface area contributed by atoms with Gasteiger partial charge in [-0.05, 0) is 0 Å². The van der Waals surface area contributed by atoms with Crippen LogP contribution in [-0.2, 0) is 0 Å². The highest BCUT2D eigenvalue weighted by atomic mass is 16.2. The van der Waals surface area contributed by atoms with Gasteiger partial charge in [-0.1, -0.05) is 46.0 Å². The van der Waals surface area contributed by atoms with Gasteiger partial charge in [0.15, 0.2) is 0 Å². The molecular formula is C8H18O. The maximum absolute atomic E-state index is 6.75. The molecule has 1 heteroatoms. The molecule has 56 valence electrons. The number of rotatable bonds is 4. The lowest BCUT2D eigenvalue weighted by Gasteiger charge is -1.90. The lowest BCUT2D eigenvalue weighted by molar-refractivity contribution is 0.464. The Morgan fingerprint density at radius 3 is 2.00 bits per heavy atom. The van der Waals surface area contributed by atoms with Gasteiger partial charge in [0.05, 0.1) is 7.11 Å². The Bertz CT molecular complexity index is 23.7. The van der Waals surface area contributed by atoms with E-state index in [-0.39, 0.29) is 0 Å². The fourth-order valence-electron chi connectivity index (χ4n) is 0.604. The fourth-order valence-corrected chi connectivity index (χ4v) is 0.604. The Hall–Kier alpha value is -0.0400. The number of aliphatic hydroxyl groups excluding tert-OH is 1. The van der Waals surface area contributed by atoms with Crippen LogP contribution < -0.4 is 0 Å². The van der Waals surface area contributed by atoms with E-state index in [0.29, 0.717) is 0 Å². The van der Waals surface area contributed by atoms with Crippen LogP contribution in [0.2, 0.25) is 0 Å². The van der Waals surface area contributed by atoms with Gasteiger partial charge in [0.2, 0.25) is 0 Å². The summed E-state index contributed by atoms with van der Waals surface area (Å²) in [4.78, 5) is 0. The molecule has 0 aliphatic carbocycles. The molecule has 2 radical (unpaired) electrons. The first-order valence-electron chi connectivity index (χ1n) is 3.52. The molecule has 0 spiro atoms. The minimum Gasteiger partial charge on any atom is -0.394 e. The highest BCUT2D eigenvalue weighted by Crippen LogP contribution is 1.99. The highest BCUT2D eigenvalue weighted by molar-refractivity contribution is 4.41. The first-order chi connectivity index (χ1) is 4.41. The smallest absolute Gasteiger partial charge is 0.0662 e. The van der Waals surface area contributed by atoms with E-state index in [1.54, 1.807) is 0 Å². The summed E-state index contributed by atoms with van der Waals surface area (Å²) in [5.41, 5.74) is 0. The normalized spacial score (nSPS) is 8.00. The monoisotopic (exact) mass is 130 g/mol. The zero-order valence-electron chi connectivity index (χ0n) is 6.40. The minimum absolute atomic E-state index is 1.11. The third-order valence-electron chi connectivity index (χ3n) is 1.10. The Kier molecular flexibility index (Phi) is 20.4. The first-order valence-corrected chi connectivity index (χ1v) is 3.52. The summed E-state index contributed by atoms with van der Waals surface area (Å²) in [6, 6.07) is 0. The number of unbranched alkanes of at least 4 members (excludes halogenated alkanes) is 4. The second-order valence-corrected chi connectivity index (χ2v) is 1.91. The molecular weight excluding hydrogens is 112 g/mol. The molecule has 0 rings (SSSR count). The zero-order chi connectivity index (χ0) is 7.54. The van der Waals surface area contributed by atoms with E-state index in [1.807, 2.05) is 0 Å². The molecule has 0 aliphatic rings. The van der Waals surface area contributed by atoms with Crippen molar-refractivity contribution in [1.82, 2.24) is 0 Å².